The van der Waals surface area contributed by atoms with Gasteiger partial charge in [-0.15, -0.1) is 0 Å². The number of ether oxygens (including phenoxy) is 1. The molecule has 0 bridgehead atoms. The van der Waals surface area contributed by atoms with E-state index in [0.717, 1.165) is 13.0 Å². The number of benzene rings is 1. The zero-order chi connectivity index (χ0) is 16.5. The molecule has 0 aromatic heterocycles. The average molecular weight is 339 g/mol. The Morgan fingerprint density at radius 1 is 1.39 bits per heavy atom. The molecule has 0 radical (unpaired) electrons. The van der Waals surface area contributed by atoms with Crippen molar-refractivity contribution >= 4 is 10.2 Å². The third kappa shape index (κ3) is 3.92. The van der Waals surface area contributed by atoms with Crippen LogP contribution in [-0.2, 0) is 21.4 Å². The predicted octanol–water partition coefficient (Wildman–Crippen LogP) is 0.819. The molecule has 0 saturated carbocycles. The van der Waals surface area contributed by atoms with Crippen LogP contribution in [0.5, 0.6) is 0 Å². The van der Waals surface area contributed by atoms with E-state index in [9.17, 15) is 8.42 Å². The van der Waals surface area contributed by atoms with Crippen LogP contribution in [-0.4, -0.2) is 51.1 Å². The van der Waals surface area contributed by atoms with Gasteiger partial charge in [-0.25, -0.2) is 4.72 Å². The van der Waals surface area contributed by atoms with Crippen molar-refractivity contribution in [3.8, 4) is 0 Å². The maximum atomic E-state index is 12.6. The van der Waals surface area contributed by atoms with Gasteiger partial charge < -0.3 is 10.1 Å². The summed E-state index contributed by atoms with van der Waals surface area (Å²) in [6.45, 7) is 6.25. The molecule has 1 aromatic carbocycles. The molecule has 1 saturated heterocycles. The molecule has 2 N–H and O–H groups in total. The second kappa shape index (κ2) is 6.49. The average Bonchev–Trinajstić information content (AvgIpc) is 2.52. The lowest BCUT2D eigenvalue weighted by Crippen LogP contribution is -2.54. The van der Waals surface area contributed by atoms with Crippen molar-refractivity contribution in [1.82, 2.24) is 14.3 Å². The summed E-state index contributed by atoms with van der Waals surface area (Å²) in [4.78, 5) is 0. The number of nitrogens with zero attached hydrogens (tertiary/aromatic N) is 1. The number of morpholine rings is 1. The standard InChI is InChI=1S/C16H25N3O3S/c1-16(2)12-19(9-10-22-16)23(20,21)18-11-15-14-6-4-3-5-13(14)7-8-17-15/h3-6,15,17-18H,7-12H2,1-2H3. The second-order valence-corrected chi connectivity index (χ2v) is 8.51. The van der Waals surface area contributed by atoms with Crippen molar-refractivity contribution in [2.75, 3.05) is 32.8 Å². The van der Waals surface area contributed by atoms with Gasteiger partial charge in [0.05, 0.1) is 12.2 Å². The van der Waals surface area contributed by atoms with Gasteiger partial charge in [-0.05, 0) is 37.9 Å². The smallest absolute Gasteiger partial charge is 0.279 e. The highest BCUT2D eigenvalue weighted by atomic mass is 32.2. The molecule has 7 heteroatoms. The van der Waals surface area contributed by atoms with E-state index in [4.69, 9.17) is 4.74 Å². The Balaban J connectivity index is 1.66. The first-order chi connectivity index (χ1) is 10.9. The summed E-state index contributed by atoms with van der Waals surface area (Å²) in [7, 11) is -3.49. The van der Waals surface area contributed by atoms with Gasteiger partial charge in [-0.3, -0.25) is 0 Å². The second-order valence-electron chi connectivity index (χ2n) is 6.75. The van der Waals surface area contributed by atoms with E-state index >= 15 is 0 Å². The molecule has 1 fully saturated rings. The molecule has 23 heavy (non-hydrogen) atoms. The monoisotopic (exact) mass is 339 g/mol. The molecule has 3 rings (SSSR count). The predicted molar refractivity (Wildman–Crippen MR) is 89.4 cm³/mol. The van der Waals surface area contributed by atoms with E-state index in [0.29, 0.717) is 26.2 Å². The number of nitrogens with one attached hydrogen (secondary N) is 2. The molecule has 2 heterocycles. The summed E-state index contributed by atoms with van der Waals surface area (Å²) in [6.07, 6.45) is 0.983. The van der Waals surface area contributed by atoms with E-state index in [-0.39, 0.29) is 6.04 Å². The Kier molecular flexibility index (Phi) is 4.75. The van der Waals surface area contributed by atoms with Crippen LogP contribution in [0.4, 0.5) is 0 Å². The van der Waals surface area contributed by atoms with Gasteiger partial charge in [0.25, 0.3) is 10.2 Å². The van der Waals surface area contributed by atoms with Gasteiger partial charge in [-0.1, -0.05) is 24.3 Å². The molecule has 2 aliphatic heterocycles. The van der Waals surface area contributed by atoms with Crippen LogP contribution in [0.3, 0.4) is 0 Å². The van der Waals surface area contributed by atoms with Crippen molar-refractivity contribution in [2.45, 2.75) is 31.9 Å². The summed E-state index contributed by atoms with van der Waals surface area (Å²) in [5, 5.41) is 3.40. The molecule has 0 aliphatic carbocycles. The Morgan fingerprint density at radius 3 is 2.96 bits per heavy atom. The van der Waals surface area contributed by atoms with Crippen LogP contribution in [0, 0.1) is 0 Å². The molecule has 6 nitrogen and oxygen atoms in total. The molecular weight excluding hydrogens is 314 g/mol. The molecule has 1 atom stereocenters. The lowest BCUT2D eigenvalue weighted by Gasteiger charge is -2.37. The first-order valence-electron chi connectivity index (χ1n) is 8.07. The van der Waals surface area contributed by atoms with E-state index in [2.05, 4.69) is 22.2 Å². The Morgan fingerprint density at radius 2 is 2.17 bits per heavy atom. The van der Waals surface area contributed by atoms with Crippen LogP contribution in [0.1, 0.15) is 31.0 Å². The highest BCUT2D eigenvalue weighted by Gasteiger charge is 2.34. The van der Waals surface area contributed by atoms with Crippen LogP contribution >= 0.6 is 0 Å². The van der Waals surface area contributed by atoms with Gasteiger partial charge >= 0.3 is 0 Å². The van der Waals surface area contributed by atoms with Crippen LogP contribution in [0.15, 0.2) is 24.3 Å². The number of fused-ring (bicyclic) bond motifs is 1. The van der Waals surface area contributed by atoms with Gasteiger partial charge in [0, 0.05) is 25.7 Å². The Bertz CT molecular complexity index is 660. The number of hydrogen-bond donors (Lipinski definition) is 2. The summed E-state index contributed by atoms with van der Waals surface area (Å²) in [6, 6.07) is 8.23. The van der Waals surface area contributed by atoms with E-state index in [1.54, 1.807) is 0 Å². The van der Waals surface area contributed by atoms with Gasteiger partial charge in [0.2, 0.25) is 0 Å². The maximum absolute atomic E-state index is 12.6. The van der Waals surface area contributed by atoms with Crippen molar-refractivity contribution in [3.63, 3.8) is 0 Å². The molecule has 0 spiro atoms. The lowest BCUT2D eigenvalue weighted by molar-refractivity contribution is -0.0643. The first kappa shape index (κ1) is 16.9. The fourth-order valence-electron chi connectivity index (χ4n) is 3.23. The molecule has 2 aliphatic rings. The zero-order valence-corrected chi connectivity index (χ0v) is 14.5. The molecule has 0 amide bonds. The first-order valence-corrected chi connectivity index (χ1v) is 9.51. The maximum Gasteiger partial charge on any atom is 0.279 e. The van der Waals surface area contributed by atoms with E-state index in [1.165, 1.54) is 15.4 Å². The van der Waals surface area contributed by atoms with Crippen molar-refractivity contribution in [1.29, 1.82) is 0 Å². The largest absolute Gasteiger partial charge is 0.373 e. The summed E-state index contributed by atoms with van der Waals surface area (Å²) >= 11 is 0. The van der Waals surface area contributed by atoms with Gasteiger partial charge in [0.1, 0.15) is 0 Å². The summed E-state index contributed by atoms with van der Waals surface area (Å²) in [5.74, 6) is 0. The van der Waals surface area contributed by atoms with E-state index < -0.39 is 15.8 Å². The minimum absolute atomic E-state index is 0.0174. The number of rotatable bonds is 4. The SMILES string of the molecule is CC1(C)CN(S(=O)(=O)NCC2NCCc3ccccc32)CCO1. The topological polar surface area (TPSA) is 70.7 Å². The van der Waals surface area contributed by atoms with E-state index in [1.807, 2.05) is 26.0 Å². The van der Waals surface area contributed by atoms with Crippen LogP contribution in [0.25, 0.3) is 0 Å². The highest BCUT2D eigenvalue weighted by Crippen LogP contribution is 2.23. The van der Waals surface area contributed by atoms with Gasteiger partial charge in [0.15, 0.2) is 0 Å². The Hall–Kier alpha value is -0.990. The van der Waals surface area contributed by atoms with Crippen molar-refractivity contribution < 1.29 is 13.2 Å². The zero-order valence-electron chi connectivity index (χ0n) is 13.7. The fourth-order valence-corrected chi connectivity index (χ4v) is 4.59. The summed E-state index contributed by atoms with van der Waals surface area (Å²) in [5.41, 5.74) is 2.04. The molecule has 1 unspecified atom stereocenters. The summed E-state index contributed by atoms with van der Waals surface area (Å²) < 4.78 is 34.9. The molecular formula is C16H25N3O3S. The third-order valence-electron chi connectivity index (χ3n) is 4.42. The molecule has 128 valence electrons. The van der Waals surface area contributed by atoms with Gasteiger partial charge in [-0.2, -0.15) is 12.7 Å². The third-order valence-corrected chi connectivity index (χ3v) is 5.94. The fraction of sp³-hybridized carbons (Fsp3) is 0.625. The highest BCUT2D eigenvalue weighted by molar-refractivity contribution is 7.87. The van der Waals surface area contributed by atoms with Crippen LogP contribution in [0.2, 0.25) is 0 Å². The van der Waals surface area contributed by atoms with Crippen molar-refractivity contribution in [2.24, 2.45) is 0 Å². The van der Waals surface area contributed by atoms with Crippen molar-refractivity contribution in [3.05, 3.63) is 35.4 Å². The Labute approximate surface area is 138 Å². The molecule has 1 aromatic rings. The lowest BCUT2D eigenvalue weighted by atomic mass is 9.95. The van der Waals surface area contributed by atoms with Crippen LogP contribution < -0.4 is 10.0 Å². The minimum atomic E-state index is -3.49. The quantitative estimate of drug-likeness (QED) is 0.852. The normalized spacial score (nSPS) is 25.0. The number of hydrogen-bond acceptors (Lipinski definition) is 4. The minimum Gasteiger partial charge on any atom is -0.373 e.